The predicted molar refractivity (Wildman–Crippen MR) is 76.5 cm³/mol. The Labute approximate surface area is 108 Å². The number of nitrogens with two attached hydrogens (primary N) is 2. The van der Waals surface area contributed by atoms with Crippen LogP contribution in [0.15, 0.2) is 42.5 Å². The number of rotatable bonds is 1. The Morgan fingerprint density at radius 2 is 1.61 bits per heavy atom. The van der Waals surface area contributed by atoms with Gasteiger partial charge in [-0.2, -0.15) is 0 Å². The van der Waals surface area contributed by atoms with Gasteiger partial charge in [-0.25, -0.2) is 0 Å². The summed E-state index contributed by atoms with van der Waals surface area (Å²) in [5.41, 5.74) is 17.5. The molecule has 4 N–H and O–H groups in total. The van der Waals surface area contributed by atoms with Crippen LogP contribution in [0.1, 0.15) is 35.4 Å². The molecule has 0 radical (unpaired) electrons. The Bertz CT molecular complexity index is 558. The zero-order valence-corrected chi connectivity index (χ0v) is 10.4. The molecule has 1 atom stereocenters. The molecular formula is C16H18N2. The fourth-order valence-electron chi connectivity index (χ4n) is 2.91. The third kappa shape index (κ3) is 1.94. The van der Waals surface area contributed by atoms with Crippen molar-refractivity contribution in [3.05, 3.63) is 59.2 Å². The van der Waals surface area contributed by atoms with Gasteiger partial charge in [-0.15, -0.1) is 0 Å². The highest BCUT2D eigenvalue weighted by Crippen LogP contribution is 2.37. The van der Waals surface area contributed by atoms with E-state index in [1.54, 1.807) is 0 Å². The molecule has 0 saturated heterocycles. The van der Waals surface area contributed by atoms with Gasteiger partial charge in [-0.05, 0) is 60.2 Å². The molecule has 1 aliphatic carbocycles. The third-order valence-electron chi connectivity index (χ3n) is 3.82. The van der Waals surface area contributed by atoms with E-state index in [0.29, 0.717) is 5.92 Å². The Morgan fingerprint density at radius 3 is 2.39 bits per heavy atom. The molecule has 0 heterocycles. The first-order valence-corrected chi connectivity index (χ1v) is 6.48. The number of aryl methyl sites for hydroxylation is 1. The summed E-state index contributed by atoms with van der Waals surface area (Å²) in [5.74, 6) is 0.495. The molecule has 18 heavy (non-hydrogen) atoms. The lowest BCUT2D eigenvalue weighted by molar-refractivity contribution is 0.616. The van der Waals surface area contributed by atoms with E-state index in [2.05, 4.69) is 24.3 Å². The van der Waals surface area contributed by atoms with E-state index in [1.165, 1.54) is 29.5 Å². The van der Waals surface area contributed by atoms with E-state index in [-0.39, 0.29) is 0 Å². The van der Waals surface area contributed by atoms with Crippen LogP contribution in [0.2, 0.25) is 0 Å². The Morgan fingerprint density at radius 1 is 0.889 bits per heavy atom. The lowest BCUT2D eigenvalue weighted by atomic mass is 9.79. The van der Waals surface area contributed by atoms with Gasteiger partial charge in [0.25, 0.3) is 0 Å². The van der Waals surface area contributed by atoms with Gasteiger partial charge in [0.05, 0.1) is 0 Å². The van der Waals surface area contributed by atoms with Crippen molar-refractivity contribution in [2.75, 3.05) is 11.5 Å². The van der Waals surface area contributed by atoms with Crippen LogP contribution in [-0.4, -0.2) is 0 Å². The van der Waals surface area contributed by atoms with E-state index in [4.69, 9.17) is 11.5 Å². The highest BCUT2D eigenvalue weighted by Gasteiger charge is 2.21. The van der Waals surface area contributed by atoms with E-state index in [9.17, 15) is 0 Å². The maximum absolute atomic E-state index is 5.87. The Hall–Kier alpha value is -1.96. The highest BCUT2D eigenvalue weighted by molar-refractivity contribution is 5.50. The number of hydrogen-bond acceptors (Lipinski definition) is 2. The summed E-state index contributed by atoms with van der Waals surface area (Å²) < 4.78 is 0. The number of benzene rings is 2. The molecule has 0 saturated carbocycles. The maximum atomic E-state index is 5.87. The van der Waals surface area contributed by atoms with Gasteiger partial charge < -0.3 is 11.5 Å². The molecule has 0 aromatic heterocycles. The average molecular weight is 238 g/mol. The van der Waals surface area contributed by atoms with Crippen LogP contribution in [0.4, 0.5) is 11.4 Å². The second-order valence-corrected chi connectivity index (χ2v) is 5.07. The Kier molecular flexibility index (Phi) is 2.71. The predicted octanol–water partition coefficient (Wildman–Crippen LogP) is 3.32. The SMILES string of the molecule is Nc1ccc(C2CCCc3cc(N)ccc32)cc1. The molecule has 2 aromatic carbocycles. The van der Waals surface area contributed by atoms with E-state index >= 15 is 0 Å². The minimum Gasteiger partial charge on any atom is -0.399 e. The fraction of sp³-hybridized carbons (Fsp3) is 0.250. The second-order valence-electron chi connectivity index (χ2n) is 5.07. The third-order valence-corrected chi connectivity index (χ3v) is 3.82. The van der Waals surface area contributed by atoms with Gasteiger partial charge in [0.2, 0.25) is 0 Å². The van der Waals surface area contributed by atoms with Crippen molar-refractivity contribution in [3.63, 3.8) is 0 Å². The van der Waals surface area contributed by atoms with Crippen LogP contribution in [0, 0.1) is 0 Å². The minimum absolute atomic E-state index is 0.495. The molecule has 0 spiro atoms. The lowest BCUT2D eigenvalue weighted by Gasteiger charge is -2.26. The number of anilines is 2. The first-order valence-electron chi connectivity index (χ1n) is 6.48. The first kappa shape index (κ1) is 11.1. The normalized spacial score (nSPS) is 18.3. The van der Waals surface area contributed by atoms with Crippen molar-refractivity contribution in [1.82, 2.24) is 0 Å². The molecule has 0 bridgehead atoms. The largest absolute Gasteiger partial charge is 0.399 e. The molecule has 0 amide bonds. The first-order chi connectivity index (χ1) is 8.74. The van der Waals surface area contributed by atoms with Crippen molar-refractivity contribution < 1.29 is 0 Å². The lowest BCUT2D eigenvalue weighted by Crippen LogP contribution is -2.11. The summed E-state index contributed by atoms with van der Waals surface area (Å²) in [7, 11) is 0. The molecule has 2 aromatic rings. The molecule has 0 aliphatic heterocycles. The smallest absolute Gasteiger partial charge is 0.0316 e. The number of fused-ring (bicyclic) bond motifs is 1. The summed E-state index contributed by atoms with van der Waals surface area (Å²) in [6, 6.07) is 14.6. The molecule has 92 valence electrons. The molecule has 1 unspecified atom stereocenters. The van der Waals surface area contributed by atoms with E-state index in [1.807, 2.05) is 18.2 Å². The monoisotopic (exact) mass is 238 g/mol. The Balaban J connectivity index is 2.03. The van der Waals surface area contributed by atoms with Gasteiger partial charge in [-0.1, -0.05) is 18.2 Å². The van der Waals surface area contributed by atoms with Crippen molar-refractivity contribution in [2.45, 2.75) is 25.2 Å². The highest BCUT2D eigenvalue weighted by atomic mass is 14.5. The van der Waals surface area contributed by atoms with Crippen molar-refractivity contribution in [2.24, 2.45) is 0 Å². The van der Waals surface area contributed by atoms with Crippen LogP contribution >= 0.6 is 0 Å². The summed E-state index contributed by atoms with van der Waals surface area (Å²) >= 11 is 0. The number of nitrogen functional groups attached to an aromatic ring is 2. The molecule has 2 heteroatoms. The van der Waals surface area contributed by atoms with Crippen LogP contribution in [0.3, 0.4) is 0 Å². The standard InChI is InChI=1S/C16H18N2/c17-13-6-4-11(5-7-13)15-3-1-2-12-10-14(18)8-9-16(12)15/h4-10,15H,1-3,17-18H2. The van der Waals surface area contributed by atoms with Crippen molar-refractivity contribution in [3.8, 4) is 0 Å². The summed E-state index contributed by atoms with van der Waals surface area (Å²) in [5, 5.41) is 0. The summed E-state index contributed by atoms with van der Waals surface area (Å²) in [6.45, 7) is 0. The minimum atomic E-state index is 0.495. The van der Waals surface area contributed by atoms with E-state index < -0.39 is 0 Å². The summed E-state index contributed by atoms with van der Waals surface area (Å²) in [4.78, 5) is 0. The van der Waals surface area contributed by atoms with Gasteiger partial charge in [0.15, 0.2) is 0 Å². The van der Waals surface area contributed by atoms with Crippen LogP contribution in [0.5, 0.6) is 0 Å². The fourth-order valence-corrected chi connectivity index (χ4v) is 2.91. The molecule has 1 aliphatic rings. The van der Waals surface area contributed by atoms with Gasteiger partial charge in [0, 0.05) is 17.3 Å². The second kappa shape index (κ2) is 4.37. The zero-order valence-electron chi connectivity index (χ0n) is 10.4. The summed E-state index contributed by atoms with van der Waals surface area (Å²) in [6.07, 6.45) is 3.58. The van der Waals surface area contributed by atoms with Crippen molar-refractivity contribution in [1.29, 1.82) is 0 Å². The van der Waals surface area contributed by atoms with Crippen LogP contribution < -0.4 is 11.5 Å². The van der Waals surface area contributed by atoms with Crippen LogP contribution in [-0.2, 0) is 6.42 Å². The van der Waals surface area contributed by atoms with Crippen LogP contribution in [0.25, 0.3) is 0 Å². The topological polar surface area (TPSA) is 52.0 Å². The van der Waals surface area contributed by atoms with Gasteiger partial charge >= 0.3 is 0 Å². The maximum Gasteiger partial charge on any atom is 0.0316 e. The van der Waals surface area contributed by atoms with Gasteiger partial charge in [0.1, 0.15) is 0 Å². The average Bonchev–Trinajstić information content (AvgIpc) is 2.38. The quantitative estimate of drug-likeness (QED) is 0.749. The molecule has 2 nitrogen and oxygen atoms in total. The van der Waals surface area contributed by atoms with Gasteiger partial charge in [-0.3, -0.25) is 0 Å². The molecule has 0 fully saturated rings. The molecular weight excluding hydrogens is 220 g/mol. The van der Waals surface area contributed by atoms with Crippen molar-refractivity contribution >= 4 is 11.4 Å². The molecule has 3 rings (SSSR count). The zero-order chi connectivity index (χ0) is 12.5. The van der Waals surface area contributed by atoms with E-state index in [0.717, 1.165) is 17.8 Å². The number of hydrogen-bond donors (Lipinski definition) is 2.